The van der Waals surface area contributed by atoms with Crippen LogP contribution in [0.15, 0.2) is 30.3 Å². The number of thiophene rings is 1. The first-order chi connectivity index (χ1) is 12.6. The van der Waals surface area contributed by atoms with E-state index in [4.69, 9.17) is 11.6 Å². The van der Waals surface area contributed by atoms with Crippen LogP contribution in [0, 0.1) is 0 Å². The molecule has 0 radical (unpaired) electrons. The molecule has 2 aromatic rings. The monoisotopic (exact) mass is 418 g/mol. The molecule has 0 atom stereocenters. The first-order valence-electron chi connectivity index (χ1n) is 7.63. The number of amides is 2. The van der Waals surface area contributed by atoms with Gasteiger partial charge in [-0.25, -0.2) is 0 Å². The van der Waals surface area contributed by atoms with E-state index in [0.717, 1.165) is 29.5 Å². The lowest BCUT2D eigenvalue weighted by molar-refractivity contribution is -0.137. The van der Waals surface area contributed by atoms with E-state index in [1.807, 2.05) is 0 Å². The van der Waals surface area contributed by atoms with Gasteiger partial charge >= 0.3 is 6.18 Å². The summed E-state index contributed by atoms with van der Waals surface area (Å²) in [6.45, 7) is 1.19. The third kappa shape index (κ3) is 6.07. The molecular formula is C17H14ClF3N2O3S. The number of carbonyl (C=O) groups is 3. The zero-order valence-electron chi connectivity index (χ0n) is 13.9. The highest BCUT2D eigenvalue weighted by Gasteiger charge is 2.31. The number of ketones is 1. The van der Waals surface area contributed by atoms with Crippen molar-refractivity contribution < 1.29 is 27.6 Å². The van der Waals surface area contributed by atoms with E-state index in [-0.39, 0.29) is 30.0 Å². The number of alkyl halides is 3. The molecule has 27 heavy (non-hydrogen) atoms. The van der Waals surface area contributed by atoms with Gasteiger partial charge in [-0.15, -0.1) is 11.3 Å². The van der Waals surface area contributed by atoms with Crippen LogP contribution in [0.3, 0.4) is 0 Å². The molecular weight excluding hydrogens is 405 g/mol. The van der Waals surface area contributed by atoms with Gasteiger partial charge < -0.3 is 10.6 Å². The summed E-state index contributed by atoms with van der Waals surface area (Å²) in [4.78, 5) is 35.7. The Hall–Kier alpha value is -2.39. The van der Waals surface area contributed by atoms with Crippen molar-refractivity contribution in [2.45, 2.75) is 25.9 Å². The van der Waals surface area contributed by atoms with Crippen LogP contribution in [0.4, 0.5) is 24.5 Å². The van der Waals surface area contributed by atoms with Crippen LogP contribution in [-0.4, -0.2) is 17.6 Å². The van der Waals surface area contributed by atoms with Gasteiger partial charge in [0.25, 0.3) is 0 Å². The highest BCUT2D eigenvalue weighted by Crippen LogP contribution is 2.34. The van der Waals surface area contributed by atoms with Crippen LogP contribution < -0.4 is 10.6 Å². The van der Waals surface area contributed by atoms with Gasteiger partial charge in [0.2, 0.25) is 11.8 Å². The fourth-order valence-electron chi connectivity index (χ4n) is 2.15. The van der Waals surface area contributed by atoms with E-state index in [1.165, 1.54) is 13.0 Å². The summed E-state index contributed by atoms with van der Waals surface area (Å²) >= 11 is 6.82. The first-order valence-corrected chi connectivity index (χ1v) is 8.83. The first kappa shape index (κ1) is 20.9. The number of nitrogens with one attached hydrogen (secondary N) is 2. The molecule has 2 N–H and O–H groups in total. The Morgan fingerprint density at radius 3 is 2.30 bits per heavy atom. The molecule has 2 rings (SSSR count). The zero-order valence-corrected chi connectivity index (χ0v) is 15.5. The molecule has 0 bridgehead atoms. The lowest BCUT2D eigenvalue weighted by Gasteiger charge is -2.14. The minimum Gasteiger partial charge on any atom is -0.325 e. The van der Waals surface area contributed by atoms with Gasteiger partial charge in [0.05, 0.1) is 26.2 Å². The molecule has 0 spiro atoms. The zero-order chi connectivity index (χ0) is 20.2. The Labute approximate surface area is 161 Å². The minimum absolute atomic E-state index is 0.0280. The van der Waals surface area contributed by atoms with Crippen LogP contribution in [0.25, 0.3) is 0 Å². The summed E-state index contributed by atoms with van der Waals surface area (Å²) in [5.74, 6) is -1.46. The molecule has 0 aliphatic rings. The molecule has 0 fully saturated rings. The van der Waals surface area contributed by atoms with Crippen molar-refractivity contribution in [2.75, 3.05) is 10.6 Å². The molecule has 0 saturated heterocycles. The largest absolute Gasteiger partial charge is 0.416 e. The summed E-state index contributed by atoms with van der Waals surface area (Å²) in [5, 5.41) is 4.66. The summed E-state index contributed by atoms with van der Waals surface area (Å²) < 4.78 is 39.1. The van der Waals surface area contributed by atoms with E-state index < -0.39 is 23.6 Å². The Kier molecular flexibility index (Phi) is 6.61. The predicted octanol–water partition coefficient (Wildman–Crippen LogP) is 4.98. The van der Waals surface area contributed by atoms with Crippen LogP contribution in [0.1, 0.15) is 35.0 Å². The van der Waals surface area contributed by atoms with Gasteiger partial charge in [0.15, 0.2) is 5.78 Å². The van der Waals surface area contributed by atoms with Crippen molar-refractivity contribution in [2.24, 2.45) is 0 Å². The average Bonchev–Trinajstić information content (AvgIpc) is 2.99. The molecule has 1 heterocycles. The molecule has 10 heteroatoms. The van der Waals surface area contributed by atoms with Crippen LogP contribution in [0.5, 0.6) is 0 Å². The number of rotatable bonds is 6. The lowest BCUT2D eigenvalue weighted by atomic mass is 10.1. The van der Waals surface area contributed by atoms with Crippen molar-refractivity contribution in [1.82, 2.24) is 0 Å². The average molecular weight is 419 g/mol. The van der Waals surface area contributed by atoms with Crippen molar-refractivity contribution in [1.29, 1.82) is 0 Å². The molecule has 5 nitrogen and oxygen atoms in total. The molecule has 0 saturated carbocycles. The van der Waals surface area contributed by atoms with Gasteiger partial charge in [0.1, 0.15) is 0 Å². The van der Waals surface area contributed by atoms with Crippen LogP contribution in [-0.2, 0) is 15.8 Å². The number of anilines is 2. The van der Waals surface area contributed by atoms with Crippen molar-refractivity contribution in [3.8, 4) is 0 Å². The second-order valence-corrected chi connectivity index (χ2v) is 7.23. The molecule has 2 amide bonds. The summed E-state index contributed by atoms with van der Waals surface area (Å²) in [6.07, 6.45) is -4.97. The normalized spacial score (nSPS) is 11.1. The van der Waals surface area contributed by atoms with Crippen LogP contribution >= 0.6 is 22.9 Å². The topological polar surface area (TPSA) is 75.3 Å². The number of Topliss-reactive ketones (excluding diaryl/α,β-unsaturated/α-hetero) is 1. The van der Waals surface area contributed by atoms with Crippen LogP contribution in [0.2, 0.25) is 4.34 Å². The fourth-order valence-corrected chi connectivity index (χ4v) is 3.16. The second-order valence-electron chi connectivity index (χ2n) is 5.51. The molecule has 1 aromatic carbocycles. The van der Waals surface area contributed by atoms with E-state index in [1.54, 1.807) is 6.07 Å². The maximum atomic E-state index is 12.9. The maximum absolute atomic E-state index is 12.9. The summed E-state index contributed by atoms with van der Waals surface area (Å²) in [7, 11) is 0. The summed E-state index contributed by atoms with van der Waals surface area (Å²) in [5.41, 5.74) is -1.15. The molecule has 1 aromatic heterocycles. The highest BCUT2D eigenvalue weighted by molar-refractivity contribution is 7.18. The smallest absolute Gasteiger partial charge is 0.325 e. The molecule has 0 aliphatic carbocycles. The molecule has 144 valence electrons. The quantitative estimate of drug-likeness (QED) is 0.649. The van der Waals surface area contributed by atoms with Crippen molar-refractivity contribution >= 4 is 51.9 Å². The van der Waals surface area contributed by atoms with Gasteiger partial charge in [-0.05, 0) is 30.3 Å². The van der Waals surface area contributed by atoms with E-state index >= 15 is 0 Å². The van der Waals surface area contributed by atoms with Gasteiger partial charge in [-0.3, -0.25) is 14.4 Å². The van der Waals surface area contributed by atoms with Crippen molar-refractivity contribution in [3.63, 3.8) is 0 Å². The van der Waals surface area contributed by atoms with Crippen molar-refractivity contribution in [3.05, 3.63) is 45.1 Å². The second kappa shape index (κ2) is 8.53. The summed E-state index contributed by atoms with van der Waals surface area (Å²) in [6, 6.07) is 5.67. The fraction of sp³-hybridized carbons (Fsp3) is 0.235. The third-order valence-electron chi connectivity index (χ3n) is 3.36. The third-order valence-corrected chi connectivity index (χ3v) is 4.63. The molecule has 0 unspecified atom stereocenters. The Morgan fingerprint density at radius 2 is 1.74 bits per heavy atom. The number of carbonyl (C=O) groups excluding carboxylic acids is 3. The van der Waals surface area contributed by atoms with Gasteiger partial charge in [-0.1, -0.05) is 11.6 Å². The Balaban J connectivity index is 2.10. The standard InChI is InChI=1S/C17H14ClF3N2O3S/c1-9(24)22-11-3-2-10(17(19,20)21)8-12(11)23-16(26)7-4-13(25)14-5-6-15(18)27-14/h2-3,5-6,8H,4,7H2,1H3,(H,22,24)(H,23,26). The van der Waals surface area contributed by atoms with E-state index in [2.05, 4.69) is 10.6 Å². The van der Waals surface area contributed by atoms with E-state index in [9.17, 15) is 27.6 Å². The number of halogens is 4. The number of benzene rings is 1. The number of hydrogen-bond acceptors (Lipinski definition) is 4. The number of hydrogen-bond donors (Lipinski definition) is 2. The SMILES string of the molecule is CC(=O)Nc1ccc(C(F)(F)F)cc1NC(=O)CCC(=O)c1ccc(Cl)s1. The molecule has 0 aliphatic heterocycles. The maximum Gasteiger partial charge on any atom is 0.416 e. The minimum atomic E-state index is -4.61. The van der Waals surface area contributed by atoms with E-state index in [0.29, 0.717) is 9.21 Å². The van der Waals surface area contributed by atoms with Gasteiger partial charge in [-0.2, -0.15) is 13.2 Å². The predicted molar refractivity (Wildman–Crippen MR) is 97.3 cm³/mol. The highest BCUT2D eigenvalue weighted by atomic mass is 35.5. The van der Waals surface area contributed by atoms with Gasteiger partial charge in [0, 0.05) is 19.8 Å². The Morgan fingerprint density at radius 1 is 1.04 bits per heavy atom. The Bertz CT molecular complexity index is 881. The lowest BCUT2D eigenvalue weighted by Crippen LogP contribution is -2.17.